The zero-order valence-electron chi connectivity index (χ0n) is 33.2. The van der Waals surface area contributed by atoms with Crippen molar-refractivity contribution in [1.29, 1.82) is 0 Å². The molecule has 0 saturated heterocycles. The fourth-order valence-corrected chi connectivity index (χ4v) is 6.08. The SMILES string of the molecule is CCCCCCCC/C=C\CCCCCCCC(=O)O.CCCCCCCCCCCCCCCCCC(=O)OCCCCCC(C)C. The minimum atomic E-state index is -0.664. The van der Waals surface area contributed by atoms with E-state index in [2.05, 4.69) is 39.8 Å². The Kier molecular flexibility index (Phi) is 44.4. The second kappa shape index (κ2) is 43.7. The van der Waals surface area contributed by atoms with Crippen molar-refractivity contribution in [3.63, 3.8) is 0 Å². The van der Waals surface area contributed by atoms with Gasteiger partial charge in [-0.3, -0.25) is 9.59 Å². The molecule has 4 heteroatoms. The van der Waals surface area contributed by atoms with Crippen molar-refractivity contribution in [2.24, 2.45) is 5.92 Å². The van der Waals surface area contributed by atoms with Gasteiger partial charge in [0, 0.05) is 12.8 Å². The molecule has 1 N–H and O–H groups in total. The molecule has 0 aromatic rings. The summed E-state index contributed by atoms with van der Waals surface area (Å²) in [5.74, 6) is 0.133. The molecule has 0 amide bonds. The van der Waals surface area contributed by atoms with E-state index in [-0.39, 0.29) is 5.97 Å². The first-order valence-corrected chi connectivity index (χ1v) is 21.5. The molecule has 286 valence electrons. The number of unbranched alkanes of at least 4 members (excludes halogenated alkanes) is 27. The topological polar surface area (TPSA) is 63.6 Å². The van der Waals surface area contributed by atoms with Gasteiger partial charge in [-0.05, 0) is 50.9 Å². The smallest absolute Gasteiger partial charge is 0.305 e. The molecule has 0 bridgehead atoms. The molecule has 0 saturated carbocycles. The first kappa shape index (κ1) is 48.8. The molecule has 0 aromatic carbocycles. The molecule has 0 radical (unpaired) electrons. The van der Waals surface area contributed by atoms with Gasteiger partial charge in [-0.1, -0.05) is 200 Å². The molecular weight excluding hydrogens is 592 g/mol. The van der Waals surface area contributed by atoms with E-state index in [1.807, 2.05) is 0 Å². The van der Waals surface area contributed by atoms with Crippen LogP contribution in [0, 0.1) is 5.92 Å². The maximum atomic E-state index is 11.7. The van der Waals surface area contributed by atoms with Gasteiger partial charge < -0.3 is 9.84 Å². The number of esters is 1. The van der Waals surface area contributed by atoms with Crippen LogP contribution in [-0.2, 0) is 14.3 Å². The predicted molar refractivity (Wildman–Crippen MR) is 211 cm³/mol. The standard InChI is InChI=1S/C26H52O2.C18H34O2/c1-4-5-6-7-8-9-10-11-12-13-14-15-16-17-20-23-26(27)28-24-21-18-19-22-25(2)3;1-2-3-4-5-6-7-8-9-10-11-12-13-14-15-16-17-18(19)20/h25H,4-24H2,1-3H3;9-10H,2-8,11-17H2,1H3,(H,19,20)/b;10-9-. The van der Waals surface area contributed by atoms with Crippen molar-refractivity contribution in [2.45, 2.75) is 246 Å². The first-order chi connectivity index (χ1) is 23.4. The van der Waals surface area contributed by atoms with Crippen molar-refractivity contribution in [2.75, 3.05) is 6.61 Å². The van der Waals surface area contributed by atoms with Crippen molar-refractivity contribution < 1.29 is 19.4 Å². The quantitative estimate of drug-likeness (QED) is 0.0403. The molecular formula is C44H86O4. The summed E-state index contributed by atoms with van der Waals surface area (Å²) in [6, 6.07) is 0. The van der Waals surface area contributed by atoms with E-state index in [1.165, 1.54) is 180 Å². The average Bonchev–Trinajstić information content (AvgIpc) is 3.06. The van der Waals surface area contributed by atoms with E-state index >= 15 is 0 Å². The summed E-state index contributed by atoms with van der Waals surface area (Å²) >= 11 is 0. The minimum absolute atomic E-state index is 0.0125. The van der Waals surface area contributed by atoms with Crippen LogP contribution in [0.5, 0.6) is 0 Å². The Balaban J connectivity index is 0. The maximum Gasteiger partial charge on any atom is 0.305 e. The summed E-state index contributed by atoms with van der Waals surface area (Å²) in [4.78, 5) is 22.0. The lowest BCUT2D eigenvalue weighted by molar-refractivity contribution is -0.144. The van der Waals surface area contributed by atoms with Gasteiger partial charge in [-0.2, -0.15) is 0 Å². The van der Waals surface area contributed by atoms with Crippen LogP contribution in [-0.4, -0.2) is 23.7 Å². The van der Waals surface area contributed by atoms with Crippen LogP contribution >= 0.6 is 0 Å². The Morgan fingerprint density at radius 2 is 0.833 bits per heavy atom. The molecule has 0 spiro atoms. The average molecular weight is 679 g/mol. The minimum Gasteiger partial charge on any atom is -0.481 e. The number of allylic oxidation sites excluding steroid dienone is 2. The number of hydrogen-bond acceptors (Lipinski definition) is 3. The molecule has 0 unspecified atom stereocenters. The highest BCUT2D eigenvalue weighted by Gasteiger charge is 2.03. The van der Waals surface area contributed by atoms with E-state index < -0.39 is 5.97 Å². The van der Waals surface area contributed by atoms with Gasteiger partial charge in [0.15, 0.2) is 0 Å². The summed E-state index contributed by atoms with van der Waals surface area (Å²) in [5, 5.41) is 8.51. The molecule has 0 aliphatic carbocycles. The Labute approximate surface area is 301 Å². The van der Waals surface area contributed by atoms with Gasteiger partial charge in [0.1, 0.15) is 0 Å². The number of carbonyl (C=O) groups is 2. The van der Waals surface area contributed by atoms with Gasteiger partial charge in [0.05, 0.1) is 6.61 Å². The first-order valence-electron chi connectivity index (χ1n) is 21.5. The van der Waals surface area contributed by atoms with Crippen LogP contribution in [0.25, 0.3) is 0 Å². The van der Waals surface area contributed by atoms with Crippen LogP contribution in [0.3, 0.4) is 0 Å². The molecule has 0 aliphatic rings. The van der Waals surface area contributed by atoms with E-state index in [0.717, 1.165) is 31.6 Å². The Bertz CT molecular complexity index is 656. The van der Waals surface area contributed by atoms with Crippen LogP contribution in [0.15, 0.2) is 12.2 Å². The van der Waals surface area contributed by atoms with E-state index in [1.54, 1.807) is 0 Å². The highest BCUT2D eigenvalue weighted by atomic mass is 16.5. The number of carboxylic acid groups (broad SMARTS) is 1. The summed E-state index contributed by atoms with van der Waals surface area (Å²) in [5.41, 5.74) is 0. The lowest BCUT2D eigenvalue weighted by Crippen LogP contribution is -2.05. The zero-order valence-corrected chi connectivity index (χ0v) is 33.2. The summed E-state index contributed by atoms with van der Waals surface area (Å²) < 4.78 is 5.33. The van der Waals surface area contributed by atoms with Gasteiger partial charge in [0.25, 0.3) is 0 Å². The molecule has 48 heavy (non-hydrogen) atoms. The van der Waals surface area contributed by atoms with Crippen LogP contribution < -0.4 is 0 Å². The fraction of sp³-hybridized carbons (Fsp3) is 0.909. The summed E-state index contributed by atoms with van der Waals surface area (Å²) in [6.45, 7) is 9.69. The zero-order chi connectivity index (χ0) is 35.6. The highest BCUT2D eigenvalue weighted by molar-refractivity contribution is 5.69. The Morgan fingerprint density at radius 1 is 0.479 bits per heavy atom. The third-order valence-electron chi connectivity index (χ3n) is 9.33. The number of carboxylic acids is 1. The monoisotopic (exact) mass is 679 g/mol. The van der Waals surface area contributed by atoms with E-state index in [0.29, 0.717) is 19.4 Å². The Morgan fingerprint density at radius 3 is 1.23 bits per heavy atom. The molecule has 0 heterocycles. The maximum absolute atomic E-state index is 11.7. The third kappa shape index (κ3) is 49.1. The van der Waals surface area contributed by atoms with Crippen LogP contribution in [0.4, 0.5) is 0 Å². The van der Waals surface area contributed by atoms with Gasteiger partial charge in [-0.15, -0.1) is 0 Å². The van der Waals surface area contributed by atoms with Gasteiger partial charge >= 0.3 is 11.9 Å². The number of rotatable bonds is 37. The lowest BCUT2D eigenvalue weighted by Gasteiger charge is -2.06. The molecule has 0 rings (SSSR count). The number of ether oxygens (including phenoxy) is 1. The van der Waals surface area contributed by atoms with Crippen molar-refractivity contribution in [3.8, 4) is 0 Å². The van der Waals surface area contributed by atoms with E-state index in [4.69, 9.17) is 9.84 Å². The normalized spacial score (nSPS) is 11.3. The lowest BCUT2D eigenvalue weighted by atomic mass is 10.0. The van der Waals surface area contributed by atoms with Crippen LogP contribution in [0.1, 0.15) is 246 Å². The van der Waals surface area contributed by atoms with Gasteiger partial charge in [0.2, 0.25) is 0 Å². The number of hydrogen-bond donors (Lipinski definition) is 1. The molecule has 0 fully saturated rings. The largest absolute Gasteiger partial charge is 0.481 e. The fourth-order valence-electron chi connectivity index (χ4n) is 6.08. The van der Waals surface area contributed by atoms with Crippen LogP contribution in [0.2, 0.25) is 0 Å². The summed E-state index contributed by atoms with van der Waals surface area (Å²) in [7, 11) is 0. The molecule has 0 atom stereocenters. The molecule has 0 aliphatic heterocycles. The van der Waals surface area contributed by atoms with E-state index in [9.17, 15) is 9.59 Å². The predicted octanol–water partition coefficient (Wildman–Crippen LogP) is 15.1. The highest BCUT2D eigenvalue weighted by Crippen LogP contribution is 2.14. The Hall–Kier alpha value is -1.32. The van der Waals surface area contributed by atoms with Crippen molar-refractivity contribution in [3.05, 3.63) is 12.2 Å². The second-order valence-electron chi connectivity index (χ2n) is 14.9. The molecule has 4 nitrogen and oxygen atoms in total. The van der Waals surface area contributed by atoms with Crippen molar-refractivity contribution in [1.82, 2.24) is 0 Å². The van der Waals surface area contributed by atoms with Crippen molar-refractivity contribution >= 4 is 11.9 Å². The summed E-state index contributed by atoms with van der Waals surface area (Å²) in [6.07, 6.45) is 47.0. The number of aliphatic carboxylic acids is 1. The number of carbonyl (C=O) groups excluding carboxylic acids is 1. The third-order valence-corrected chi connectivity index (χ3v) is 9.33. The van der Waals surface area contributed by atoms with Gasteiger partial charge in [-0.25, -0.2) is 0 Å². The second-order valence-corrected chi connectivity index (χ2v) is 14.9. The molecule has 0 aromatic heterocycles.